The highest BCUT2D eigenvalue weighted by molar-refractivity contribution is 7.89. The first-order valence-electron chi connectivity index (χ1n) is 6.19. The van der Waals surface area contributed by atoms with Gasteiger partial charge in [-0.05, 0) is 18.1 Å². The Morgan fingerprint density at radius 2 is 2.05 bits per heavy atom. The van der Waals surface area contributed by atoms with Crippen molar-refractivity contribution < 1.29 is 23.1 Å². The second-order valence-electron chi connectivity index (χ2n) is 4.60. The van der Waals surface area contributed by atoms with Crippen molar-refractivity contribution in [1.82, 2.24) is 10.3 Å². The Labute approximate surface area is 122 Å². The lowest BCUT2D eigenvalue weighted by molar-refractivity contribution is -0.140. The van der Waals surface area contributed by atoms with Crippen molar-refractivity contribution in [2.45, 2.75) is 31.2 Å². The van der Waals surface area contributed by atoms with Crippen LogP contribution in [-0.2, 0) is 14.8 Å². The van der Waals surface area contributed by atoms with Crippen LogP contribution in [0.1, 0.15) is 30.8 Å². The SMILES string of the molecule is CC[C@H](C)[C@H](NC(=O)c1ccc(S(N)(=O)=O)cn1)C(=O)O. The summed E-state index contributed by atoms with van der Waals surface area (Å²) in [7, 11) is -3.89. The van der Waals surface area contributed by atoms with E-state index >= 15 is 0 Å². The molecule has 4 N–H and O–H groups in total. The average molecular weight is 315 g/mol. The monoisotopic (exact) mass is 315 g/mol. The van der Waals surface area contributed by atoms with Gasteiger partial charge in [0.25, 0.3) is 5.91 Å². The molecule has 0 spiro atoms. The number of pyridine rings is 1. The van der Waals surface area contributed by atoms with Gasteiger partial charge in [-0.1, -0.05) is 20.3 Å². The number of rotatable bonds is 6. The second kappa shape index (κ2) is 6.64. The van der Waals surface area contributed by atoms with Gasteiger partial charge in [-0.2, -0.15) is 0 Å². The quantitative estimate of drug-likeness (QED) is 0.673. The molecule has 9 heteroatoms. The number of hydrogen-bond donors (Lipinski definition) is 3. The minimum Gasteiger partial charge on any atom is -0.480 e. The molecule has 0 saturated carbocycles. The van der Waals surface area contributed by atoms with Gasteiger partial charge in [0.15, 0.2) is 0 Å². The Morgan fingerprint density at radius 1 is 1.43 bits per heavy atom. The molecule has 8 nitrogen and oxygen atoms in total. The number of primary sulfonamides is 1. The van der Waals surface area contributed by atoms with Gasteiger partial charge in [-0.15, -0.1) is 0 Å². The lowest BCUT2D eigenvalue weighted by Crippen LogP contribution is -2.45. The summed E-state index contributed by atoms with van der Waals surface area (Å²) in [5.74, 6) is -2.09. The van der Waals surface area contributed by atoms with Crippen molar-refractivity contribution >= 4 is 21.9 Å². The molecule has 0 fully saturated rings. The van der Waals surface area contributed by atoms with E-state index in [1.165, 1.54) is 6.07 Å². The molecule has 21 heavy (non-hydrogen) atoms. The Morgan fingerprint density at radius 3 is 2.43 bits per heavy atom. The third-order valence-electron chi connectivity index (χ3n) is 3.06. The summed E-state index contributed by atoms with van der Waals surface area (Å²) in [5, 5.41) is 16.4. The molecule has 1 amide bonds. The predicted octanol–water partition coefficient (Wildman–Crippen LogP) is -0.0419. The number of aliphatic carboxylic acids is 1. The Balaban J connectivity index is 2.91. The van der Waals surface area contributed by atoms with Crippen LogP contribution in [0.3, 0.4) is 0 Å². The molecule has 1 aromatic heterocycles. The minimum absolute atomic E-state index is 0.0862. The van der Waals surface area contributed by atoms with E-state index in [-0.39, 0.29) is 16.5 Å². The molecule has 2 atom stereocenters. The summed E-state index contributed by atoms with van der Waals surface area (Å²) in [4.78, 5) is 26.5. The summed E-state index contributed by atoms with van der Waals surface area (Å²) < 4.78 is 22.1. The summed E-state index contributed by atoms with van der Waals surface area (Å²) >= 11 is 0. The first kappa shape index (κ1) is 17.1. The van der Waals surface area contributed by atoms with Crippen molar-refractivity contribution in [1.29, 1.82) is 0 Å². The zero-order valence-corrected chi connectivity index (χ0v) is 12.4. The fraction of sp³-hybridized carbons (Fsp3) is 0.417. The first-order valence-corrected chi connectivity index (χ1v) is 7.74. The molecule has 1 aromatic rings. The minimum atomic E-state index is -3.89. The smallest absolute Gasteiger partial charge is 0.326 e. The van der Waals surface area contributed by atoms with Gasteiger partial charge in [0.2, 0.25) is 10.0 Å². The average Bonchev–Trinajstić information content (AvgIpc) is 2.42. The highest BCUT2D eigenvalue weighted by Gasteiger charge is 2.26. The molecule has 0 radical (unpaired) electrons. The molecule has 0 aliphatic rings. The van der Waals surface area contributed by atoms with Gasteiger partial charge in [-0.25, -0.2) is 23.3 Å². The lowest BCUT2D eigenvalue weighted by atomic mass is 9.99. The summed E-state index contributed by atoms with van der Waals surface area (Å²) in [6.45, 7) is 3.52. The number of amides is 1. The molecule has 0 aliphatic heterocycles. The molecule has 116 valence electrons. The Hall–Kier alpha value is -2.00. The number of aromatic nitrogens is 1. The van der Waals surface area contributed by atoms with Gasteiger partial charge in [0.05, 0.1) is 0 Å². The third-order valence-corrected chi connectivity index (χ3v) is 3.96. The van der Waals surface area contributed by atoms with E-state index in [1.54, 1.807) is 6.92 Å². The molecular formula is C12H17N3O5S. The van der Waals surface area contributed by atoms with Gasteiger partial charge < -0.3 is 10.4 Å². The summed E-state index contributed by atoms with van der Waals surface area (Å²) in [6, 6.07) is 1.27. The van der Waals surface area contributed by atoms with E-state index < -0.39 is 27.9 Å². The molecule has 0 saturated heterocycles. The van der Waals surface area contributed by atoms with Crippen molar-refractivity contribution in [3.8, 4) is 0 Å². The van der Waals surface area contributed by atoms with Crippen LogP contribution in [0.4, 0.5) is 0 Å². The largest absolute Gasteiger partial charge is 0.480 e. The highest BCUT2D eigenvalue weighted by Crippen LogP contribution is 2.10. The van der Waals surface area contributed by atoms with Crippen molar-refractivity contribution in [2.24, 2.45) is 11.1 Å². The van der Waals surface area contributed by atoms with E-state index in [2.05, 4.69) is 10.3 Å². The molecule has 0 aromatic carbocycles. The predicted molar refractivity (Wildman–Crippen MR) is 74.0 cm³/mol. The zero-order valence-electron chi connectivity index (χ0n) is 11.6. The van der Waals surface area contributed by atoms with Crippen molar-refractivity contribution in [3.63, 3.8) is 0 Å². The maximum absolute atomic E-state index is 11.9. The molecule has 1 heterocycles. The molecule has 0 aliphatic carbocycles. The zero-order chi connectivity index (χ0) is 16.2. The van der Waals surface area contributed by atoms with Crippen LogP contribution < -0.4 is 10.5 Å². The number of hydrogen-bond acceptors (Lipinski definition) is 5. The van der Waals surface area contributed by atoms with Crippen LogP contribution in [0.5, 0.6) is 0 Å². The van der Waals surface area contributed by atoms with Crippen LogP contribution >= 0.6 is 0 Å². The highest BCUT2D eigenvalue weighted by atomic mass is 32.2. The number of carboxylic acid groups (broad SMARTS) is 1. The summed E-state index contributed by atoms with van der Waals surface area (Å²) in [6.07, 6.45) is 1.53. The normalized spacial score (nSPS) is 14.2. The molecule has 0 unspecified atom stereocenters. The van der Waals surface area contributed by atoms with Gasteiger partial charge in [0, 0.05) is 6.20 Å². The number of nitrogens with two attached hydrogens (primary N) is 1. The Bertz CT molecular complexity index is 627. The second-order valence-corrected chi connectivity index (χ2v) is 6.16. The summed E-state index contributed by atoms with van der Waals surface area (Å²) in [5.41, 5.74) is -0.0862. The van der Waals surface area contributed by atoms with Gasteiger partial charge in [0.1, 0.15) is 16.6 Å². The number of sulfonamides is 1. The van der Waals surface area contributed by atoms with Gasteiger partial charge in [-0.3, -0.25) is 4.79 Å². The number of carboxylic acids is 1. The number of nitrogens with one attached hydrogen (secondary N) is 1. The van der Waals surface area contributed by atoms with E-state index in [0.717, 1.165) is 12.3 Å². The lowest BCUT2D eigenvalue weighted by Gasteiger charge is -2.19. The van der Waals surface area contributed by atoms with Crippen LogP contribution in [0.2, 0.25) is 0 Å². The van der Waals surface area contributed by atoms with E-state index in [9.17, 15) is 18.0 Å². The van der Waals surface area contributed by atoms with Crippen LogP contribution in [0.15, 0.2) is 23.2 Å². The maximum Gasteiger partial charge on any atom is 0.326 e. The number of nitrogens with zero attached hydrogens (tertiary/aromatic N) is 1. The van der Waals surface area contributed by atoms with Crippen molar-refractivity contribution in [2.75, 3.05) is 0 Å². The number of carbonyl (C=O) groups excluding carboxylic acids is 1. The van der Waals surface area contributed by atoms with E-state index in [1.807, 2.05) is 6.92 Å². The first-order chi connectivity index (χ1) is 9.66. The molecule has 1 rings (SSSR count). The maximum atomic E-state index is 11.9. The standard InChI is InChI=1S/C12H17N3O5S/c1-3-7(2)10(12(17)18)15-11(16)9-5-4-8(6-14-9)21(13,19)20/h4-7,10H,3H2,1-2H3,(H,15,16)(H,17,18)(H2,13,19,20)/t7-,10-/m0/s1. The fourth-order valence-electron chi connectivity index (χ4n) is 1.58. The van der Waals surface area contributed by atoms with Crippen LogP contribution in [0.25, 0.3) is 0 Å². The van der Waals surface area contributed by atoms with Gasteiger partial charge >= 0.3 is 5.97 Å². The third kappa shape index (κ3) is 4.50. The van der Waals surface area contributed by atoms with Crippen molar-refractivity contribution in [3.05, 3.63) is 24.0 Å². The molecular weight excluding hydrogens is 298 g/mol. The van der Waals surface area contributed by atoms with Crippen LogP contribution in [0, 0.1) is 5.92 Å². The number of carbonyl (C=O) groups is 2. The topological polar surface area (TPSA) is 139 Å². The molecule has 0 bridgehead atoms. The fourth-order valence-corrected chi connectivity index (χ4v) is 2.04. The van der Waals surface area contributed by atoms with E-state index in [4.69, 9.17) is 10.2 Å². The van der Waals surface area contributed by atoms with E-state index in [0.29, 0.717) is 6.42 Å². The Kier molecular flexibility index (Phi) is 5.39. The van der Waals surface area contributed by atoms with Crippen LogP contribution in [-0.4, -0.2) is 36.4 Å².